The molecule has 0 spiro atoms. The summed E-state index contributed by atoms with van der Waals surface area (Å²) in [6.45, 7) is 8.64. The molecule has 1 aromatic rings. The molecular formula is C20H33Cl2N3O2. The molecule has 0 bridgehead atoms. The number of carbonyl (C=O) groups excluding carboxylic acids is 1. The first-order chi connectivity index (χ1) is 12.2. The van der Waals surface area contributed by atoms with E-state index < -0.39 is 0 Å². The van der Waals surface area contributed by atoms with Crippen molar-refractivity contribution in [1.82, 2.24) is 15.5 Å². The maximum Gasteiger partial charge on any atom is 0.220 e. The van der Waals surface area contributed by atoms with Gasteiger partial charge in [0, 0.05) is 32.6 Å². The average Bonchev–Trinajstić information content (AvgIpc) is 3.12. The lowest BCUT2D eigenvalue weighted by Gasteiger charge is -2.31. The summed E-state index contributed by atoms with van der Waals surface area (Å²) in [5.41, 5.74) is 2.48. The molecule has 3 rings (SSSR count). The summed E-state index contributed by atoms with van der Waals surface area (Å²) >= 11 is 0. The number of carbonyl (C=O) groups is 1. The molecule has 2 fully saturated rings. The highest BCUT2D eigenvalue weighted by molar-refractivity contribution is 5.85. The molecule has 2 aliphatic rings. The number of halogens is 2. The molecule has 0 aliphatic carbocycles. The summed E-state index contributed by atoms with van der Waals surface area (Å²) in [7, 11) is 0. The number of rotatable bonds is 7. The van der Waals surface area contributed by atoms with Crippen molar-refractivity contribution in [2.24, 2.45) is 5.92 Å². The van der Waals surface area contributed by atoms with E-state index in [1.54, 1.807) is 0 Å². The van der Waals surface area contributed by atoms with Crippen molar-refractivity contribution in [3.8, 4) is 0 Å². The van der Waals surface area contributed by atoms with Crippen molar-refractivity contribution < 1.29 is 9.53 Å². The van der Waals surface area contributed by atoms with Crippen molar-refractivity contribution in [3.05, 3.63) is 35.4 Å². The number of hydrogen-bond acceptors (Lipinski definition) is 4. The van der Waals surface area contributed by atoms with Crippen LogP contribution >= 0.6 is 24.8 Å². The van der Waals surface area contributed by atoms with Gasteiger partial charge in [0.2, 0.25) is 5.91 Å². The van der Waals surface area contributed by atoms with Crippen molar-refractivity contribution in [2.75, 3.05) is 32.8 Å². The lowest BCUT2D eigenvalue weighted by molar-refractivity contribution is -0.121. The fourth-order valence-electron chi connectivity index (χ4n) is 3.72. The molecule has 2 saturated heterocycles. The van der Waals surface area contributed by atoms with E-state index >= 15 is 0 Å². The van der Waals surface area contributed by atoms with Gasteiger partial charge in [-0.2, -0.15) is 0 Å². The van der Waals surface area contributed by atoms with Gasteiger partial charge in [0.1, 0.15) is 0 Å². The van der Waals surface area contributed by atoms with E-state index in [0.717, 1.165) is 45.8 Å². The van der Waals surface area contributed by atoms with Gasteiger partial charge in [-0.05, 0) is 49.9 Å². The molecule has 2 unspecified atom stereocenters. The Morgan fingerprint density at radius 2 is 2.15 bits per heavy atom. The molecule has 1 aromatic carbocycles. The number of nitrogens with zero attached hydrogens (tertiary/aromatic N) is 1. The fraction of sp³-hybridized carbons (Fsp3) is 0.650. The number of benzene rings is 1. The zero-order valence-electron chi connectivity index (χ0n) is 16.1. The highest BCUT2D eigenvalue weighted by Gasteiger charge is 2.17. The number of morpholine rings is 1. The van der Waals surface area contributed by atoms with Gasteiger partial charge in [-0.3, -0.25) is 9.69 Å². The molecule has 27 heavy (non-hydrogen) atoms. The van der Waals surface area contributed by atoms with Gasteiger partial charge in [0.25, 0.3) is 0 Å². The van der Waals surface area contributed by atoms with Crippen LogP contribution in [0.2, 0.25) is 0 Å². The van der Waals surface area contributed by atoms with Crippen LogP contribution in [0.1, 0.15) is 37.3 Å². The summed E-state index contributed by atoms with van der Waals surface area (Å²) in [4.78, 5) is 14.5. The lowest BCUT2D eigenvalue weighted by atomic mass is 10.0. The Morgan fingerprint density at radius 1 is 1.33 bits per heavy atom. The predicted octanol–water partition coefficient (Wildman–Crippen LogP) is 2.76. The molecule has 5 nitrogen and oxygen atoms in total. The van der Waals surface area contributed by atoms with Crippen LogP contribution in [-0.4, -0.2) is 49.7 Å². The third kappa shape index (κ3) is 8.36. The maximum atomic E-state index is 12.1. The van der Waals surface area contributed by atoms with Crippen LogP contribution in [0.5, 0.6) is 0 Å². The van der Waals surface area contributed by atoms with Crippen molar-refractivity contribution in [1.29, 1.82) is 0 Å². The highest BCUT2D eigenvalue weighted by atomic mass is 35.5. The normalized spacial score (nSPS) is 22.6. The minimum atomic E-state index is 0. The molecule has 7 heteroatoms. The summed E-state index contributed by atoms with van der Waals surface area (Å²) in [6.07, 6.45) is 3.15. The second kappa shape index (κ2) is 12.6. The third-order valence-electron chi connectivity index (χ3n) is 5.15. The monoisotopic (exact) mass is 417 g/mol. The van der Waals surface area contributed by atoms with E-state index in [9.17, 15) is 4.79 Å². The van der Waals surface area contributed by atoms with Crippen LogP contribution in [0, 0.1) is 5.92 Å². The second-order valence-corrected chi connectivity index (χ2v) is 7.41. The van der Waals surface area contributed by atoms with Gasteiger partial charge in [-0.25, -0.2) is 0 Å². The zero-order valence-corrected chi connectivity index (χ0v) is 17.7. The summed E-state index contributed by atoms with van der Waals surface area (Å²) < 4.78 is 5.60. The molecule has 2 atom stereocenters. The summed E-state index contributed by atoms with van der Waals surface area (Å²) in [5.74, 6) is 0.837. The van der Waals surface area contributed by atoms with Gasteiger partial charge < -0.3 is 15.4 Å². The Hall–Kier alpha value is -0.850. The van der Waals surface area contributed by atoms with Crippen molar-refractivity contribution in [3.63, 3.8) is 0 Å². The molecule has 2 aliphatic heterocycles. The maximum absolute atomic E-state index is 12.1. The molecule has 0 aromatic heterocycles. The van der Waals surface area contributed by atoms with Gasteiger partial charge in [-0.15, -0.1) is 24.8 Å². The Balaban J connectivity index is 0.00000182. The third-order valence-corrected chi connectivity index (χ3v) is 5.15. The van der Waals surface area contributed by atoms with Gasteiger partial charge >= 0.3 is 0 Å². The molecular weight excluding hydrogens is 385 g/mol. The Kier molecular flexibility index (Phi) is 11.3. The van der Waals surface area contributed by atoms with Crippen molar-refractivity contribution >= 4 is 30.7 Å². The number of ether oxygens (including phenoxy) is 1. The van der Waals surface area contributed by atoms with E-state index in [4.69, 9.17) is 4.74 Å². The summed E-state index contributed by atoms with van der Waals surface area (Å²) in [6, 6.07) is 8.55. The molecule has 1 amide bonds. The predicted molar refractivity (Wildman–Crippen MR) is 114 cm³/mol. The topological polar surface area (TPSA) is 53.6 Å². The number of hydrogen-bond donors (Lipinski definition) is 2. The van der Waals surface area contributed by atoms with E-state index in [1.165, 1.54) is 17.5 Å². The van der Waals surface area contributed by atoms with Crippen LogP contribution in [0.25, 0.3) is 0 Å². The van der Waals surface area contributed by atoms with Crippen LogP contribution in [-0.2, 0) is 22.6 Å². The lowest BCUT2D eigenvalue weighted by Crippen LogP contribution is -2.40. The molecule has 2 N–H and O–H groups in total. The van der Waals surface area contributed by atoms with Crippen LogP contribution < -0.4 is 10.6 Å². The van der Waals surface area contributed by atoms with E-state index in [0.29, 0.717) is 25.0 Å². The Morgan fingerprint density at radius 3 is 2.89 bits per heavy atom. The van der Waals surface area contributed by atoms with Gasteiger partial charge in [0.05, 0.1) is 12.7 Å². The van der Waals surface area contributed by atoms with Crippen LogP contribution in [0.3, 0.4) is 0 Å². The Labute approximate surface area is 175 Å². The quantitative estimate of drug-likeness (QED) is 0.715. The molecule has 2 heterocycles. The van der Waals surface area contributed by atoms with E-state index in [1.807, 2.05) is 0 Å². The van der Waals surface area contributed by atoms with Crippen molar-refractivity contribution in [2.45, 2.75) is 45.4 Å². The fourth-order valence-corrected chi connectivity index (χ4v) is 3.72. The van der Waals surface area contributed by atoms with Crippen LogP contribution in [0.15, 0.2) is 24.3 Å². The Bertz CT molecular complexity index is 568. The number of amides is 1. The molecule has 0 saturated carbocycles. The minimum absolute atomic E-state index is 0. The minimum Gasteiger partial charge on any atom is -0.376 e. The first-order valence-electron chi connectivity index (χ1n) is 9.58. The highest BCUT2D eigenvalue weighted by Crippen LogP contribution is 2.15. The van der Waals surface area contributed by atoms with E-state index in [2.05, 4.69) is 46.7 Å². The molecule has 0 radical (unpaired) electrons. The van der Waals surface area contributed by atoms with E-state index in [-0.39, 0.29) is 30.7 Å². The smallest absolute Gasteiger partial charge is 0.220 e. The van der Waals surface area contributed by atoms with Crippen LogP contribution in [0.4, 0.5) is 0 Å². The standard InChI is InChI=1S/C20H31N3O2.2ClH/c1-16-14-23(9-10-25-16)15-19-4-2-3-18(11-19)13-22-20(24)6-5-17-7-8-21-12-17;;/h2-4,11,16-17,21H,5-10,12-15H2,1H3,(H,22,24);2*1H. The number of nitrogens with one attached hydrogen (secondary N) is 2. The summed E-state index contributed by atoms with van der Waals surface area (Å²) in [5, 5.41) is 6.42. The van der Waals surface area contributed by atoms with Gasteiger partial charge in [0.15, 0.2) is 0 Å². The van der Waals surface area contributed by atoms with Gasteiger partial charge in [-0.1, -0.05) is 24.3 Å². The average molecular weight is 418 g/mol. The second-order valence-electron chi connectivity index (χ2n) is 7.41. The first-order valence-corrected chi connectivity index (χ1v) is 9.58. The molecule has 154 valence electrons. The zero-order chi connectivity index (χ0) is 17.5. The largest absolute Gasteiger partial charge is 0.376 e. The first kappa shape index (κ1) is 24.2. The SMILES string of the molecule is CC1CN(Cc2cccc(CNC(=O)CCC3CCNC3)c2)CCO1.Cl.Cl.